The summed E-state index contributed by atoms with van der Waals surface area (Å²) in [6.45, 7) is 1.30. The highest BCUT2D eigenvalue weighted by Crippen LogP contribution is 2.14. The van der Waals surface area contributed by atoms with Crippen LogP contribution in [0, 0.1) is 0 Å². The van der Waals surface area contributed by atoms with Crippen LogP contribution in [-0.4, -0.2) is 33.8 Å². The van der Waals surface area contributed by atoms with E-state index in [4.69, 9.17) is 16.7 Å². The van der Waals surface area contributed by atoms with Crippen LogP contribution >= 0.6 is 23.4 Å². The number of carboxylic acids is 1. The summed E-state index contributed by atoms with van der Waals surface area (Å²) in [7, 11) is 0. The van der Waals surface area contributed by atoms with E-state index in [0.717, 1.165) is 5.56 Å². The smallest absolute Gasteiger partial charge is 0.327 e. The first-order valence-corrected chi connectivity index (χ1v) is 6.70. The molecule has 1 amide bonds. The number of aromatic nitrogens is 1. The van der Waals surface area contributed by atoms with Crippen molar-refractivity contribution < 1.29 is 14.7 Å². The molecule has 0 bridgehead atoms. The Morgan fingerprint density at radius 1 is 1.56 bits per heavy atom. The largest absolute Gasteiger partial charge is 0.480 e. The van der Waals surface area contributed by atoms with E-state index < -0.39 is 12.0 Å². The van der Waals surface area contributed by atoms with E-state index in [1.807, 2.05) is 6.07 Å². The average molecular weight is 289 g/mol. The average Bonchev–Trinajstić information content (AvgIpc) is 2.29. The summed E-state index contributed by atoms with van der Waals surface area (Å²) in [4.78, 5) is 25.6. The predicted molar refractivity (Wildman–Crippen MR) is 70.6 cm³/mol. The Hall–Kier alpha value is -1.27. The zero-order valence-electron chi connectivity index (χ0n) is 9.72. The number of thioether (sulfide) groups is 1. The van der Waals surface area contributed by atoms with Crippen molar-refractivity contribution in [3.8, 4) is 0 Å². The molecule has 0 saturated carbocycles. The van der Waals surface area contributed by atoms with Crippen molar-refractivity contribution in [2.75, 3.05) is 5.75 Å². The molecule has 0 aromatic carbocycles. The van der Waals surface area contributed by atoms with Crippen LogP contribution in [-0.2, 0) is 15.3 Å². The molecule has 1 atom stereocenters. The van der Waals surface area contributed by atoms with Crippen LogP contribution in [0.25, 0.3) is 0 Å². The van der Waals surface area contributed by atoms with Gasteiger partial charge in [0.25, 0.3) is 0 Å². The van der Waals surface area contributed by atoms with Crippen LogP contribution in [0.4, 0.5) is 0 Å². The Morgan fingerprint density at radius 2 is 2.28 bits per heavy atom. The molecule has 0 radical (unpaired) electrons. The van der Waals surface area contributed by atoms with E-state index in [2.05, 4.69) is 10.3 Å². The number of rotatable bonds is 6. The summed E-state index contributed by atoms with van der Waals surface area (Å²) in [5, 5.41) is 11.7. The van der Waals surface area contributed by atoms with E-state index >= 15 is 0 Å². The van der Waals surface area contributed by atoms with Gasteiger partial charge in [-0.15, -0.1) is 0 Å². The van der Waals surface area contributed by atoms with E-state index in [1.165, 1.54) is 18.7 Å². The van der Waals surface area contributed by atoms with Crippen molar-refractivity contribution in [3.63, 3.8) is 0 Å². The van der Waals surface area contributed by atoms with Gasteiger partial charge in [-0.2, -0.15) is 11.8 Å². The molecule has 1 rings (SSSR count). The van der Waals surface area contributed by atoms with Crippen molar-refractivity contribution in [3.05, 3.63) is 29.0 Å². The maximum absolute atomic E-state index is 10.9. The van der Waals surface area contributed by atoms with Crippen molar-refractivity contribution >= 4 is 35.2 Å². The minimum absolute atomic E-state index is 0.303. The Balaban J connectivity index is 2.41. The first kappa shape index (κ1) is 14.8. The fourth-order valence-corrected chi connectivity index (χ4v) is 2.30. The number of nitrogens with zero attached hydrogens (tertiary/aromatic N) is 1. The Labute approximate surface area is 114 Å². The minimum atomic E-state index is -1.04. The first-order chi connectivity index (χ1) is 8.49. The molecule has 1 unspecified atom stereocenters. The molecule has 0 saturated heterocycles. The lowest BCUT2D eigenvalue weighted by Gasteiger charge is -2.12. The standard InChI is InChI=1S/C11H13ClN2O3S/c1-7(15)14-9(11(16)17)6-18-5-8-2-3-10(12)13-4-8/h2-4,9H,5-6H2,1H3,(H,14,15)(H,16,17). The maximum Gasteiger partial charge on any atom is 0.327 e. The van der Waals surface area contributed by atoms with Gasteiger partial charge in [0.15, 0.2) is 0 Å². The molecule has 5 nitrogen and oxygen atoms in total. The summed E-state index contributed by atoms with van der Waals surface area (Å²) < 4.78 is 0. The lowest BCUT2D eigenvalue weighted by molar-refractivity contribution is -0.140. The Morgan fingerprint density at radius 3 is 2.78 bits per heavy atom. The third-order valence-electron chi connectivity index (χ3n) is 2.02. The minimum Gasteiger partial charge on any atom is -0.480 e. The van der Waals surface area contributed by atoms with Crippen LogP contribution in [0.5, 0.6) is 0 Å². The summed E-state index contributed by atoms with van der Waals surface area (Å²) in [5.74, 6) is -0.464. The van der Waals surface area contributed by atoms with Gasteiger partial charge in [-0.1, -0.05) is 17.7 Å². The van der Waals surface area contributed by atoms with Crippen LogP contribution in [0.1, 0.15) is 12.5 Å². The summed E-state index contributed by atoms with van der Waals surface area (Å²) >= 11 is 7.06. The molecule has 1 aromatic heterocycles. The normalized spacial score (nSPS) is 11.9. The summed E-state index contributed by atoms with van der Waals surface area (Å²) in [6.07, 6.45) is 1.64. The van der Waals surface area contributed by atoms with E-state index in [0.29, 0.717) is 16.7 Å². The van der Waals surface area contributed by atoms with Crippen molar-refractivity contribution in [2.45, 2.75) is 18.7 Å². The third-order valence-corrected chi connectivity index (χ3v) is 3.35. The lowest BCUT2D eigenvalue weighted by Crippen LogP contribution is -2.41. The molecule has 1 heterocycles. The number of hydrogen-bond acceptors (Lipinski definition) is 4. The molecule has 0 aliphatic carbocycles. The van der Waals surface area contributed by atoms with Crippen molar-refractivity contribution in [2.24, 2.45) is 0 Å². The quantitative estimate of drug-likeness (QED) is 0.777. The molecule has 98 valence electrons. The molecular weight excluding hydrogens is 276 g/mol. The highest BCUT2D eigenvalue weighted by Gasteiger charge is 2.17. The summed E-state index contributed by atoms with van der Waals surface area (Å²) in [5.41, 5.74) is 0.955. The van der Waals surface area contributed by atoms with Gasteiger partial charge >= 0.3 is 5.97 Å². The zero-order chi connectivity index (χ0) is 13.5. The van der Waals surface area contributed by atoms with Crippen LogP contribution in [0.15, 0.2) is 18.3 Å². The first-order valence-electron chi connectivity index (χ1n) is 5.17. The summed E-state index contributed by atoms with van der Waals surface area (Å²) in [6, 6.07) is 2.64. The lowest BCUT2D eigenvalue weighted by atomic mass is 10.3. The number of hydrogen-bond donors (Lipinski definition) is 2. The van der Waals surface area contributed by atoms with Crippen LogP contribution in [0.3, 0.4) is 0 Å². The van der Waals surface area contributed by atoms with Gasteiger partial charge < -0.3 is 10.4 Å². The van der Waals surface area contributed by atoms with E-state index in [-0.39, 0.29) is 5.91 Å². The second-order valence-electron chi connectivity index (χ2n) is 3.60. The Bertz CT molecular complexity index is 425. The molecule has 18 heavy (non-hydrogen) atoms. The highest BCUT2D eigenvalue weighted by molar-refractivity contribution is 7.98. The van der Waals surface area contributed by atoms with Crippen LogP contribution < -0.4 is 5.32 Å². The highest BCUT2D eigenvalue weighted by atomic mass is 35.5. The SMILES string of the molecule is CC(=O)NC(CSCc1ccc(Cl)nc1)C(=O)O. The van der Waals surface area contributed by atoms with Gasteiger partial charge in [0.1, 0.15) is 11.2 Å². The third kappa shape index (κ3) is 5.37. The van der Waals surface area contributed by atoms with Crippen molar-refractivity contribution in [1.29, 1.82) is 0 Å². The number of carbonyl (C=O) groups excluding carboxylic acids is 1. The number of carboxylic acid groups (broad SMARTS) is 1. The number of aliphatic carboxylic acids is 1. The molecule has 7 heteroatoms. The van der Waals surface area contributed by atoms with Crippen molar-refractivity contribution in [1.82, 2.24) is 10.3 Å². The Kier molecular flexibility index (Phi) is 5.94. The molecule has 0 spiro atoms. The monoisotopic (exact) mass is 288 g/mol. The van der Waals surface area contributed by atoms with Gasteiger partial charge in [-0.05, 0) is 11.6 Å². The van der Waals surface area contributed by atoms with E-state index in [9.17, 15) is 9.59 Å². The van der Waals surface area contributed by atoms with Gasteiger partial charge in [-0.3, -0.25) is 4.79 Å². The number of halogens is 1. The second kappa shape index (κ2) is 7.23. The fourth-order valence-electron chi connectivity index (χ4n) is 1.21. The van der Waals surface area contributed by atoms with Gasteiger partial charge in [0, 0.05) is 24.6 Å². The molecular formula is C11H13ClN2O3S. The zero-order valence-corrected chi connectivity index (χ0v) is 11.3. The maximum atomic E-state index is 10.9. The van der Waals surface area contributed by atoms with Gasteiger partial charge in [0.2, 0.25) is 5.91 Å². The number of carbonyl (C=O) groups is 2. The molecule has 0 aliphatic heterocycles. The predicted octanol–water partition coefficient (Wildman–Crippen LogP) is 1.56. The molecule has 1 aromatic rings. The molecule has 0 aliphatic rings. The number of amides is 1. The van der Waals surface area contributed by atoms with Gasteiger partial charge in [0.05, 0.1) is 0 Å². The number of pyridine rings is 1. The molecule has 0 fully saturated rings. The van der Waals surface area contributed by atoms with Gasteiger partial charge in [-0.25, -0.2) is 9.78 Å². The fraction of sp³-hybridized carbons (Fsp3) is 0.364. The van der Waals surface area contributed by atoms with E-state index in [1.54, 1.807) is 12.3 Å². The topological polar surface area (TPSA) is 79.3 Å². The second-order valence-corrected chi connectivity index (χ2v) is 5.01. The number of nitrogens with one attached hydrogen (secondary N) is 1. The van der Waals surface area contributed by atoms with Crippen LogP contribution in [0.2, 0.25) is 5.15 Å². The molecule has 2 N–H and O–H groups in total.